The van der Waals surface area contributed by atoms with Crippen LogP contribution < -0.4 is 10.1 Å². The molecule has 1 aromatic rings. The van der Waals surface area contributed by atoms with Gasteiger partial charge in [-0.2, -0.15) is 0 Å². The van der Waals surface area contributed by atoms with E-state index in [0.717, 1.165) is 0 Å². The van der Waals surface area contributed by atoms with Crippen molar-refractivity contribution in [2.24, 2.45) is 5.92 Å². The van der Waals surface area contributed by atoms with Gasteiger partial charge in [-0.3, -0.25) is 9.59 Å². The van der Waals surface area contributed by atoms with Crippen LogP contribution in [-0.4, -0.2) is 42.5 Å². The Morgan fingerprint density at radius 3 is 2.95 bits per heavy atom. The highest BCUT2D eigenvalue weighted by molar-refractivity contribution is 5.98. The highest BCUT2D eigenvalue weighted by Crippen LogP contribution is 2.17. The summed E-state index contributed by atoms with van der Waals surface area (Å²) in [4.78, 5) is 25.8. The monoisotopic (exact) mass is 290 g/mol. The highest BCUT2D eigenvalue weighted by atomic mass is 16.5. The van der Waals surface area contributed by atoms with E-state index in [4.69, 9.17) is 4.74 Å². The summed E-state index contributed by atoms with van der Waals surface area (Å²) < 4.78 is 5.64. The minimum Gasteiger partial charge on any atom is -0.493 e. The van der Waals surface area contributed by atoms with Gasteiger partial charge in [-0.25, -0.2) is 0 Å². The molecule has 1 aliphatic heterocycles. The lowest BCUT2D eigenvalue weighted by atomic mass is 10.1. The molecule has 1 aromatic carbocycles. The minimum absolute atomic E-state index is 0.109. The van der Waals surface area contributed by atoms with Crippen LogP contribution in [0.5, 0.6) is 5.75 Å². The van der Waals surface area contributed by atoms with E-state index in [1.54, 1.807) is 30.0 Å². The molecule has 0 saturated carbocycles. The summed E-state index contributed by atoms with van der Waals surface area (Å²) in [6.07, 6.45) is 0. The summed E-state index contributed by atoms with van der Waals surface area (Å²) in [6, 6.07) is 6.70. The van der Waals surface area contributed by atoms with E-state index in [0.29, 0.717) is 36.9 Å². The molecular weight excluding hydrogens is 268 g/mol. The number of benzene rings is 1. The molecule has 21 heavy (non-hydrogen) atoms. The zero-order valence-electron chi connectivity index (χ0n) is 12.8. The third-order valence-electron chi connectivity index (χ3n) is 3.42. The Kier molecular flexibility index (Phi) is 4.83. The molecule has 0 aromatic heterocycles. The summed E-state index contributed by atoms with van der Waals surface area (Å²) in [6.45, 7) is 7.53. The van der Waals surface area contributed by atoms with Gasteiger partial charge in [0.2, 0.25) is 5.91 Å². The second-order valence-electron chi connectivity index (χ2n) is 5.70. The van der Waals surface area contributed by atoms with Crippen molar-refractivity contribution < 1.29 is 14.3 Å². The number of nitrogens with one attached hydrogen (secondary N) is 1. The predicted molar refractivity (Wildman–Crippen MR) is 80.3 cm³/mol. The second-order valence-corrected chi connectivity index (χ2v) is 5.70. The first kappa shape index (κ1) is 15.4. The van der Waals surface area contributed by atoms with Crippen LogP contribution in [0.1, 0.15) is 31.1 Å². The van der Waals surface area contributed by atoms with Gasteiger partial charge in [0.05, 0.1) is 6.61 Å². The standard InChI is InChI=1S/C16H22N2O3/c1-11(2)10-21-14-6-4-5-13(9-14)16(20)18-8-7-17-15(19)12(18)3/h4-6,9,11-12H,7-8,10H2,1-3H3,(H,17,19). The van der Waals surface area contributed by atoms with Gasteiger partial charge in [-0.1, -0.05) is 19.9 Å². The molecule has 114 valence electrons. The van der Waals surface area contributed by atoms with Crippen molar-refractivity contribution >= 4 is 11.8 Å². The first-order valence-corrected chi connectivity index (χ1v) is 7.30. The predicted octanol–water partition coefficient (Wildman–Crippen LogP) is 1.68. The summed E-state index contributed by atoms with van der Waals surface area (Å²) in [5, 5.41) is 2.75. The quantitative estimate of drug-likeness (QED) is 0.918. The fourth-order valence-electron chi connectivity index (χ4n) is 2.21. The van der Waals surface area contributed by atoms with Crippen LogP contribution in [0.3, 0.4) is 0 Å². The normalized spacial score (nSPS) is 18.6. The number of ether oxygens (including phenoxy) is 1. The van der Waals surface area contributed by atoms with Gasteiger partial charge in [0, 0.05) is 18.7 Å². The van der Waals surface area contributed by atoms with Crippen LogP contribution in [0, 0.1) is 5.92 Å². The number of carbonyl (C=O) groups excluding carboxylic acids is 2. The van der Waals surface area contributed by atoms with Gasteiger partial charge in [0.1, 0.15) is 11.8 Å². The fraction of sp³-hybridized carbons (Fsp3) is 0.500. The Bertz CT molecular complexity index is 528. The Balaban J connectivity index is 2.11. The molecule has 1 unspecified atom stereocenters. The molecule has 1 fully saturated rings. The summed E-state index contributed by atoms with van der Waals surface area (Å²) in [7, 11) is 0. The van der Waals surface area contributed by atoms with Crippen molar-refractivity contribution in [1.82, 2.24) is 10.2 Å². The van der Waals surface area contributed by atoms with Crippen LogP contribution in [0.2, 0.25) is 0 Å². The summed E-state index contributed by atoms with van der Waals surface area (Å²) in [5.74, 6) is 0.869. The van der Waals surface area contributed by atoms with E-state index >= 15 is 0 Å². The maximum absolute atomic E-state index is 12.5. The molecule has 1 atom stereocenters. The lowest BCUT2D eigenvalue weighted by Crippen LogP contribution is -2.55. The van der Waals surface area contributed by atoms with Gasteiger partial charge in [0.25, 0.3) is 5.91 Å². The molecule has 2 amide bonds. The largest absolute Gasteiger partial charge is 0.493 e. The number of hydrogen-bond acceptors (Lipinski definition) is 3. The molecule has 0 spiro atoms. The smallest absolute Gasteiger partial charge is 0.254 e. The van der Waals surface area contributed by atoms with E-state index in [1.165, 1.54) is 0 Å². The Labute approximate surface area is 125 Å². The Morgan fingerprint density at radius 1 is 1.48 bits per heavy atom. The maximum atomic E-state index is 12.5. The fourth-order valence-corrected chi connectivity index (χ4v) is 2.21. The number of piperazine rings is 1. The van der Waals surface area contributed by atoms with Crippen LogP contribution in [0.25, 0.3) is 0 Å². The molecule has 0 bridgehead atoms. The molecular formula is C16H22N2O3. The number of amides is 2. The van der Waals surface area contributed by atoms with E-state index in [9.17, 15) is 9.59 Å². The number of carbonyl (C=O) groups is 2. The summed E-state index contributed by atoms with van der Waals surface area (Å²) >= 11 is 0. The molecule has 1 aliphatic rings. The van der Waals surface area contributed by atoms with E-state index in [2.05, 4.69) is 19.2 Å². The molecule has 5 nitrogen and oxygen atoms in total. The number of rotatable bonds is 4. The van der Waals surface area contributed by atoms with Crippen LogP contribution in [-0.2, 0) is 4.79 Å². The van der Waals surface area contributed by atoms with Gasteiger partial charge in [-0.05, 0) is 31.0 Å². The molecule has 0 radical (unpaired) electrons. The van der Waals surface area contributed by atoms with Crippen molar-refractivity contribution in [2.75, 3.05) is 19.7 Å². The Hall–Kier alpha value is -2.04. The lowest BCUT2D eigenvalue weighted by Gasteiger charge is -2.32. The average molecular weight is 290 g/mol. The van der Waals surface area contributed by atoms with E-state index in [-0.39, 0.29) is 11.8 Å². The van der Waals surface area contributed by atoms with Crippen molar-refractivity contribution in [3.8, 4) is 5.75 Å². The highest BCUT2D eigenvalue weighted by Gasteiger charge is 2.29. The molecule has 2 rings (SSSR count). The van der Waals surface area contributed by atoms with Crippen molar-refractivity contribution in [3.63, 3.8) is 0 Å². The third-order valence-corrected chi connectivity index (χ3v) is 3.42. The van der Waals surface area contributed by atoms with Crippen molar-refractivity contribution in [1.29, 1.82) is 0 Å². The van der Waals surface area contributed by atoms with Gasteiger partial charge >= 0.3 is 0 Å². The first-order chi connectivity index (χ1) is 9.99. The second kappa shape index (κ2) is 6.61. The maximum Gasteiger partial charge on any atom is 0.254 e. The molecule has 5 heteroatoms. The zero-order chi connectivity index (χ0) is 15.4. The molecule has 1 N–H and O–H groups in total. The number of hydrogen-bond donors (Lipinski definition) is 1. The van der Waals surface area contributed by atoms with E-state index in [1.807, 2.05) is 6.07 Å². The van der Waals surface area contributed by atoms with Crippen molar-refractivity contribution in [3.05, 3.63) is 29.8 Å². The van der Waals surface area contributed by atoms with Gasteiger partial charge in [-0.15, -0.1) is 0 Å². The third kappa shape index (κ3) is 3.74. The zero-order valence-corrected chi connectivity index (χ0v) is 12.8. The van der Waals surface area contributed by atoms with Crippen LogP contribution in [0.15, 0.2) is 24.3 Å². The Morgan fingerprint density at radius 2 is 2.24 bits per heavy atom. The molecule has 1 heterocycles. The minimum atomic E-state index is -0.438. The van der Waals surface area contributed by atoms with Crippen molar-refractivity contribution in [2.45, 2.75) is 26.8 Å². The van der Waals surface area contributed by atoms with Crippen LogP contribution in [0.4, 0.5) is 0 Å². The SMILES string of the molecule is CC(C)COc1cccc(C(=O)N2CCNC(=O)C2C)c1. The first-order valence-electron chi connectivity index (χ1n) is 7.30. The number of nitrogens with zero attached hydrogens (tertiary/aromatic N) is 1. The van der Waals surface area contributed by atoms with Gasteiger partial charge in [0.15, 0.2) is 0 Å². The topological polar surface area (TPSA) is 58.6 Å². The molecule has 1 saturated heterocycles. The average Bonchev–Trinajstić information content (AvgIpc) is 2.47. The van der Waals surface area contributed by atoms with Crippen LogP contribution >= 0.6 is 0 Å². The molecule has 0 aliphatic carbocycles. The summed E-state index contributed by atoms with van der Waals surface area (Å²) in [5.41, 5.74) is 0.554. The van der Waals surface area contributed by atoms with E-state index < -0.39 is 6.04 Å². The lowest BCUT2D eigenvalue weighted by molar-refractivity contribution is -0.127. The van der Waals surface area contributed by atoms with Gasteiger partial charge < -0.3 is 15.0 Å².